The van der Waals surface area contributed by atoms with Crippen LogP contribution in [0.2, 0.25) is 10.0 Å². The molecule has 0 aliphatic carbocycles. The van der Waals surface area contributed by atoms with Crippen molar-refractivity contribution in [1.82, 2.24) is 25.1 Å². The van der Waals surface area contributed by atoms with Crippen molar-refractivity contribution in [3.63, 3.8) is 0 Å². The molecule has 4 rings (SSSR count). The summed E-state index contributed by atoms with van der Waals surface area (Å²) in [5.41, 5.74) is 2.20. The molecule has 0 aliphatic rings. The Labute approximate surface area is 168 Å². The lowest BCUT2D eigenvalue weighted by atomic mass is 10.1. The van der Waals surface area contributed by atoms with Gasteiger partial charge >= 0.3 is 0 Å². The van der Waals surface area contributed by atoms with E-state index in [-0.39, 0.29) is 18.1 Å². The first kappa shape index (κ1) is 18.3. The second-order valence-electron chi connectivity index (χ2n) is 5.97. The number of rotatable bonds is 4. The van der Waals surface area contributed by atoms with Crippen LogP contribution in [0.5, 0.6) is 0 Å². The molecule has 0 saturated carbocycles. The molecule has 0 unspecified atom stereocenters. The number of halogens is 3. The molecule has 0 spiro atoms. The van der Waals surface area contributed by atoms with Crippen LogP contribution in [0.25, 0.3) is 16.8 Å². The van der Waals surface area contributed by atoms with Crippen LogP contribution in [0, 0.1) is 5.82 Å². The van der Waals surface area contributed by atoms with E-state index in [0.29, 0.717) is 32.4 Å². The van der Waals surface area contributed by atoms with Gasteiger partial charge in [0, 0.05) is 27.7 Å². The van der Waals surface area contributed by atoms with Crippen LogP contribution in [0.4, 0.5) is 4.39 Å². The van der Waals surface area contributed by atoms with Crippen molar-refractivity contribution < 1.29 is 9.18 Å². The summed E-state index contributed by atoms with van der Waals surface area (Å²) in [6.45, 7) is 0.0335. The van der Waals surface area contributed by atoms with Crippen LogP contribution >= 0.6 is 23.2 Å². The third-order valence-corrected chi connectivity index (χ3v) is 4.51. The minimum Gasteiger partial charge on any atom is -0.346 e. The smallest absolute Gasteiger partial charge is 0.272 e. The van der Waals surface area contributed by atoms with Gasteiger partial charge < -0.3 is 5.32 Å². The Bertz CT molecular complexity index is 1170. The summed E-state index contributed by atoms with van der Waals surface area (Å²) in [6.07, 6.45) is 1.39. The molecule has 1 N–H and O–H groups in total. The van der Waals surface area contributed by atoms with E-state index in [9.17, 15) is 9.18 Å². The average molecular weight is 416 g/mol. The molecule has 0 saturated heterocycles. The lowest BCUT2D eigenvalue weighted by Gasteiger charge is -2.09. The highest BCUT2D eigenvalue weighted by atomic mass is 35.5. The van der Waals surface area contributed by atoms with E-state index in [1.165, 1.54) is 16.9 Å². The third kappa shape index (κ3) is 3.67. The van der Waals surface area contributed by atoms with E-state index < -0.39 is 5.91 Å². The second kappa shape index (κ2) is 7.53. The van der Waals surface area contributed by atoms with Crippen molar-refractivity contribution in [2.24, 2.45) is 0 Å². The standard InChI is InChI=1S/C19H12Cl2FN5O/c20-13-5-12(6-14(21)7-13)15-8-17(26-27-10-24-25-18(15)27)19(28)23-9-11-3-1-2-4-16(11)22/h1-8,10H,9H2,(H,23,28). The molecule has 0 atom stereocenters. The number of carbonyl (C=O) groups is 1. The molecule has 2 heterocycles. The molecular formula is C19H12Cl2FN5O. The largest absolute Gasteiger partial charge is 0.346 e. The number of nitrogens with zero attached hydrogens (tertiary/aromatic N) is 4. The molecule has 4 aromatic rings. The maximum absolute atomic E-state index is 13.8. The maximum atomic E-state index is 13.8. The Kier molecular flexibility index (Phi) is 4.93. The van der Waals surface area contributed by atoms with Crippen molar-refractivity contribution >= 4 is 34.8 Å². The lowest BCUT2D eigenvalue weighted by molar-refractivity contribution is 0.0944. The summed E-state index contributed by atoms with van der Waals surface area (Å²) < 4.78 is 15.1. The van der Waals surface area contributed by atoms with Crippen LogP contribution in [0.3, 0.4) is 0 Å². The van der Waals surface area contributed by atoms with E-state index >= 15 is 0 Å². The van der Waals surface area contributed by atoms with Crippen LogP contribution in [-0.2, 0) is 6.54 Å². The van der Waals surface area contributed by atoms with Gasteiger partial charge in [-0.15, -0.1) is 10.2 Å². The number of fused-ring (bicyclic) bond motifs is 1. The number of nitrogens with one attached hydrogen (secondary N) is 1. The Balaban J connectivity index is 1.70. The summed E-state index contributed by atoms with van der Waals surface area (Å²) in [6, 6.07) is 12.8. The number of benzene rings is 2. The zero-order valence-electron chi connectivity index (χ0n) is 14.2. The van der Waals surface area contributed by atoms with Gasteiger partial charge in [0.25, 0.3) is 5.91 Å². The summed E-state index contributed by atoms with van der Waals surface area (Å²) in [5.74, 6) is -0.854. The van der Waals surface area contributed by atoms with Gasteiger partial charge in [0.2, 0.25) is 0 Å². The van der Waals surface area contributed by atoms with Crippen molar-refractivity contribution in [3.8, 4) is 11.1 Å². The number of hydrogen-bond donors (Lipinski definition) is 1. The van der Waals surface area contributed by atoms with Gasteiger partial charge in [-0.05, 0) is 35.9 Å². The van der Waals surface area contributed by atoms with Crippen molar-refractivity contribution in [2.75, 3.05) is 0 Å². The fraction of sp³-hybridized carbons (Fsp3) is 0.0526. The zero-order chi connectivity index (χ0) is 19.7. The molecule has 1 amide bonds. The highest BCUT2D eigenvalue weighted by Crippen LogP contribution is 2.29. The van der Waals surface area contributed by atoms with Gasteiger partial charge in [-0.25, -0.2) is 4.39 Å². The molecule has 6 nitrogen and oxygen atoms in total. The maximum Gasteiger partial charge on any atom is 0.272 e. The molecule has 0 fully saturated rings. The molecule has 9 heteroatoms. The predicted octanol–water partition coefficient (Wildman–Crippen LogP) is 4.17. The number of hydrogen-bond acceptors (Lipinski definition) is 4. The molecule has 0 aliphatic heterocycles. The average Bonchev–Trinajstić information content (AvgIpc) is 3.14. The highest BCUT2D eigenvalue weighted by Gasteiger charge is 2.16. The Morgan fingerprint density at radius 3 is 2.61 bits per heavy atom. The van der Waals surface area contributed by atoms with Crippen LogP contribution in [-0.4, -0.2) is 25.7 Å². The SMILES string of the molecule is O=C(NCc1ccccc1F)c1cc(-c2cc(Cl)cc(Cl)c2)c2nncn2n1. The molecule has 0 bridgehead atoms. The Morgan fingerprint density at radius 1 is 1.11 bits per heavy atom. The van der Waals surface area contributed by atoms with Gasteiger partial charge in [-0.1, -0.05) is 41.4 Å². The van der Waals surface area contributed by atoms with Crippen molar-refractivity contribution in [1.29, 1.82) is 0 Å². The van der Waals surface area contributed by atoms with Crippen LogP contribution in [0.15, 0.2) is 54.9 Å². The summed E-state index contributed by atoms with van der Waals surface area (Å²) >= 11 is 12.2. The number of carbonyl (C=O) groups excluding carboxylic acids is 1. The second-order valence-corrected chi connectivity index (χ2v) is 6.85. The van der Waals surface area contributed by atoms with Gasteiger partial charge in [0.05, 0.1) is 0 Å². The number of amides is 1. The predicted molar refractivity (Wildman–Crippen MR) is 104 cm³/mol. The third-order valence-electron chi connectivity index (χ3n) is 4.07. The molecule has 28 heavy (non-hydrogen) atoms. The first-order valence-electron chi connectivity index (χ1n) is 8.20. The molecular weight excluding hydrogens is 404 g/mol. The van der Waals surface area contributed by atoms with E-state index in [4.69, 9.17) is 23.2 Å². The van der Waals surface area contributed by atoms with E-state index in [0.717, 1.165) is 0 Å². The monoisotopic (exact) mass is 415 g/mol. The first-order valence-corrected chi connectivity index (χ1v) is 8.96. The molecule has 2 aromatic carbocycles. The summed E-state index contributed by atoms with van der Waals surface area (Å²) in [7, 11) is 0. The molecule has 140 valence electrons. The highest BCUT2D eigenvalue weighted by molar-refractivity contribution is 6.35. The lowest BCUT2D eigenvalue weighted by Crippen LogP contribution is -2.25. The summed E-state index contributed by atoms with van der Waals surface area (Å²) in [5, 5.41) is 15.7. The van der Waals surface area contributed by atoms with Crippen LogP contribution < -0.4 is 5.32 Å². The number of aromatic nitrogens is 4. The minimum atomic E-state index is -0.465. The summed E-state index contributed by atoms with van der Waals surface area (Å²) in [4.78, 5) is 12.6. The van der Waals surface area contributed by atoms with Gasteiger partial charge in [-0.2, -0.15) is 9.61 Å². The Hall–Kier alpha value is -3.03. The quantitative estimate of drug-likeness (QED) is 0.542. The van der Waals surface area contributed by atoms with Crippen molar-refractivity contribution in [2.45, 2.75) is 6.54 Å². The normalized spacial score (nSPS) is 11.0. The Morgan fingerprint density at radius 2 is 1.86 bits per heavy atom. The molecule has 0 radical (unpaired) electrons. The van der Waals surface area contributed by atoms with Gasteiger partial charge in [-0.3, -0.25) is 4.79 Å². The van der Waals surface area contributed by atoms with Gasteiger partial charge in [0.15, 0.2) is 5.65 Å². The van der Waals surface area contributed by atoms with E-state index in [1.54, 1.807) is 42.5 Å². The van der Waals surface area contributed by atoms with Crippen LogP contribution in [0.1, 0.15) is 16.1 Å². The van der Waals surface area contributed by atoms with Gasteiger partial charge in [0.1, 0.15) is 17.8 Å². The fourth-order valence-electron chi connectivity index (χ4n) is 2.77. The van der Waals surface area contributed by atoms with E-state index in [1.807, 2.05) is 0 Å². The first-order chi connectivity index (χ1) is 13.5. The zero-order valence-corrected chi connectivity index (χ0v) is 15.7. The minimum absolute atomic E-state index is 0.0335. The van der Waals surface area contributed by atoms with Crippen molar-refractivity contribution in [3.05, 3.63) is 82.0 Å². The molecule has 2 aromatic heterocycles. The fourth-order valence-corrected chi connectivity index (χ4v) is 3.29. The van der Waals surface area contributed by atoms with E-state index in [2.05, 4.69) is 20.6 Å². The topological polar surface area (TPSA) is 72.2 Å².